The van der Waals surface area contributed by atoms with Crippen molar-refractivity contribution in [3.8, 4) is 0 Å². The zero-order chi connectivity index (χ0) is 55.8. The molecular formula is C61H81N9O7. The van der Waals surface area contributed by atoms with Crippen molar-refractivity contribution in [3.05, 3.63) is 142 Å². The monoisotopic (exact) mass is 1050 g/mol. The van der Waals surface area contributed by atoms with Crippen molar-refractivity contribution in [2.24, 2.45) is 10.8 Å². The van der Waals surface area contributed by atoms with E-state index in [1.807, 2.05) is 113 Å². The van der Waals surface area contributed by atoms with E-state index in [-0.39, 0.29) is 60.7 Å². The van der Waals surface area contributed by atoms with Gasteiger partial charge in [-0.25, -0.2) is 0 Å². The van der Waals surface area contributed by atoms with Crippen LogP contribution in [0.25, 0.3) is 0 Å². The van der Waals surface area contributed by atoms with Crippen LogP contribution in [0.5, 0.6) is 0 Å². The van der Waals surface area contributed by atoms with Crippen LogP contribution in [0.15, 0.2) is 103 Å². The molecule has 2 heterocycles. The third kappa shape index (κ3) is 14.2. The van der Waals surface area contributed by atoms with E-state index in [0.717, 1.165) is 41.5 Å². The maximum atomic E-state index is 14.9. The van der Waals surface area contributed by atoms with E-state index in [0.29, 0.717) is 31.5 Å². The van der Waals surface area contributed by atoms with Crippen LogP contribution in [-0.2, 0) is 49.8 Å². The SMILES string of the molecule is CN[C@@H](C)C(=O)NC(C(=O)N1Cc2ccccc2C[C@H]1CN(CCc1ccccc1)C(=O)c1ccc(C(=O)N[C@H]2C[C@@H](C(=O)N[C@@H]3CCCc4ccccc43)N(C(=O)[C@@H](NC(=O)[C@H](C)NC)C(C)(C)C)C2)cc1)C(C)(C)C. The summed E-state index contributed by atoms with van der Waals surface area (Å²) in [7, 11) is 3.36. The van der Waals surface area contributed by atoms with Crippen molar-refractivity contribution in [2.45, 2.75) is 149 Å². The lowest BCUT2D eigenvalue weighted by Gasteiger charge is -2.43. The maximum absolute atomic E-state index is 14.9. The van der Waals surface area contributed by atoms with Crippen molar-refractivity contribution < 1.29 is 33.6 Å². The van der Waals surface area contributed by atoms with Gasteiger partial charge in [0.15, 0.2) is 0 Å². The molecule has 0 radical (unpaired) electrons. The highest BCUT2D eigenvalue weighted by molar-refractivity contribution is 5.99. The second-order valence-corrected chi connectivity index (χ2v) is 23.4. The Balaban J connectivity index is 1.12. The van der Waals surface area contributed by atoms with E-state index in [1.165, 1.54) is 10.5 Å². The third-order valence-electron chi connectivity index (χ3n) is 15.6. The Morgan fingerprint density at radius 1 is 0.649 bits per heavy atom. The van der Waals surface area contributed by atoms with Crippen molar-refractivity contribution in [2.75, 3.05) is 33.7 Å². The van der Waals surface area contributed by atoms with Crippen LogP contribution in [0, 0.1) is 10.8 Å². The van der Waals surface area contributed by atoms with E-state index in [2.05, 4.69) is 44.0 Å². The zero-order valence-corrected chi connectivity index (χ0v) is 46.7. The summed E-state index contributed by atoms with van der Waals surface area (Å²) < 4.78 is 0. The van der Waals surface area contributed by atoms with Crippen molar-refractivity contribution in [1.29, 1.82) is 0 Å². The second kappa shape index (κ2) is 25.0. The first kappa shape index (κ1) is 57.8. The maximum Gasteiger partial charge on any atom is 0.253 e. The predicted octanol–water partition coefficient (Wildman–Crippen LogP) is 5.50. The van der Waals surface area contributed by atoms with Gasteiger partial charge in [0.2, 0.25) is 29.5 Å². The lowest BCUT2D eigenvalue weighted by Crippen LogP contribution is -2.61. The van der Waals surface area contributed by atoms with E-state index in [4.69, 9.17) is 0 Å². The molecule has 7 amide bonds. The Morgan fingerprint density at radius 2 is 1.19 bits per heavy atom. The zero-order valence-electron chi connectivity index (χ0n) is 46.7. The van der Waals surface area contributed by atoms with Crippen LogP contribution in [0.1, 0.15) is 129 Å². The van der Waals surface area contributed by atoms with Gasteiger partial charge < -0.3 is 46.6 Å². The third-order valence-corrected chi connectivity index (χ3v) is 15.6. The summed E-state index contributed by atoms with van der Waals surface area (Å²) in [6.07, 6.45) is 3.76. The molecule has 0 saturated carbocycles. The van der Waals surface area contributed by atoms with Crippen LogP contribution >= 0.6 is 0 Å². The highest BCUT2D eigenvalue weighted by atomic mass is 16.2. The number of carbonyl (C=O) groups excluding carboxylic acids is 7. The molecule has 16 heteroatoms. The fourth-order valence-electron chi connectivity index (χ4n) is 10.7. The van der Waals surface area contributed by atoms with Gasteiger partial charge in [-0.05, 0) is 129 Å². The quantitative estimate of drug-likeness (QED) is 0.0745. The summed E-state index contributed by atoms with van der Waals surface area (Å²) >= 11 is 0. The van der Waals surface area contributed by atoms with Gasteiger partial charge in [0, 0.05) is 43.3 Å². The Bertz CT molecular complexity index is 2750. The first-order chi connectivity index (χ1) is 36.6. The highest BCUT2D eigenvalue weighted by Crippen LogP contribution is 2.33. The Kier molecular flexibility index (Phi) is 18.8. The smallest absolute Gasteiger partial charge is 0.253 e. The molecule has 0 bridgehead atoms. The normalized spacial score (nSPS) is 19.8. The first-order valence-corrected chi connectivity index (χ1v) is 27.3. The van der Waals surface area contributed by atoms with Gasteiger partial charge in [-0.3, -0.25) is 33.6 Å². The van der Waals surface area contributed by atoms with E-state index in [9.17, 15) is 33.6 Å². The lowest BCUT2D eigenvalue weighted by molar-refractivity contribution is -0.144. The highest BCUT2D eigenvalue weighted by Gasteiger charge is 2.46. The van der Waals surface area contributed by atoms with Crippen LogP contribution in [0.3, 0.4) is 0 Å². The van der Waals surface area contributed by atoms with Gasteiger partial charge >= 0.3 is 0 Å². The van der Waals surface area contributed by atoms with Crippen molar-refractivity contribution in [1.82, 2.24) is 46.6 Å². The molecule has 412 valence electrons. The molecule has 8 atom stereocenters. The molecule has 6 N–H and O–H groups in total. The molecule has 4 aromatic carbocycles. The molecule has 77 heavy (non-hydrogen) atoms. The fraction of sp³-hybridized carbons (Fsp3) is 0.492. The number of amides is 7. The molecule has 3 aliphatic rings. The number of hydrogen-bond donors (Lipinski definition) is 6. The molecule has 0 spiro atoms. The predicted molar refractivity (Wildman–Crippen MR) is 298 cm³/mol. The van der Waals surface area contributed by atoms with Crippen molar-refractivity contribution in [3.63, 3.8) is 0 Å². The molecule has 1 saturated heterocycles. The number of rotatable bonds is 18. The van der Waals surface area contributed by atoms with Gasteiger partial charge in [0.25, 0.3) is 11.8 Å². The molecule has 1 unspecified atom stereocenters. The second-order valence-electron chi connectivity index (χ2n) is 23.4. The summed E-state index contributed by atoms with van der Waals surface area (Å²) in [6.45, 7) is 15.7. The molecule has 1 fully saturated rings. The summed E-state index contributed by atoms with van der Waals surface area (Å²) in [6, 6.07) is 27.3. The average Bonchev–Trinajstić information content (AvgIpc) is 3.91. The molecule has 16 nitrogen and oxygen atoms in total. The number of carbonyl (C=O) groups is 7. The van der Waals surface area contributed by atoms with E-state index >= 15 is 0 Å². The number of likely N-dealkylation sites (N-methyl/N-ethyl adjacent to an activating group) is 2. The van der Waals surface area contributed by atoms with Crippen molar-refractivity contribution >= 4 is 41.4 Å². The number of aryl methyl sites for hydroxylation is 1. The van der Waals surface area contributed by atoms with Gasteiger partial charge in [0.1, 0.15) is 18.1 Å². The Labute approximate surface area is 455 Å². The number of hydrogen-bond acceptors (Lipinski definition) is 9. The summed E-state index contributed by atoms with van der Waals surface area (Å²) in [5, 5.41) is 18.2. The van der Waals surface area contributed by atoms with Gasteiger partial charge in [-0.1, -0.05) is 120 Å². The van der Waals surface area contributed by atoms with Crippen LogP contribution in [0.2, 0.25) is 0 Å². The standard InChI is InChI=1S/C61H81N9O7/c1-38(62-9)53(71)66-51(60(3,4)5)58(76)69-35-45-23-15-14-22-44(45)33-47(69)37-68(32-31-40-19-12-11-13-20-40)57(75)43-29-27-42(28-30-43)55(73)64-46-34-50(56(74)65-49-26-18-24-41-21-16-17-25-48(41)49)70(36-46)59(77)52(61(6,7)8)67-54(72)39(2)63-10/h11-17,19-23,25,27-30,38-39,46-47,49-52,62-63H,18,24,26,31-37H2,1-10H3,(H,64,73)(H,65,74)(H,66,71)(H,67,72)/t38-,39-,46-,47-,49+,50-,51?,52+/m0/s1. The molecule has 2 aliphatic heterocycles. The number of benzene rings is 4. The van der Waals surface area contributed by atoms with Crippen LogP contribution in [-0.4, -0.2) is 132 Å². The molecule has 7 rings (SSSR count). The minimum absolute atomic E-state index is 0.0317. The minimum Gasteiger partial charge on any atom is -0.347 e. The molecule has 0 aromatic heterocycles. The molecule has 4 aromatic rings. The number of nitrogens with zero attached hydrogens (tertiary/aromatic N) is 3. The van der Waals surface area contributed by atoms with E-state index in [1.54, 1.807) is 57.1 Å². The molecule has 1 aliphatic carbocycles. The Morgan fingerprint density at radius 3 is 1.79 bits per heavy atom. The van der Waals surface area contributed by atoms with E-state index < -0.39 is 64.9 Å². The number of fused-ring (bicyclic) bond motifs is 2. The van der Waals surface area contributed by atoms with Gasteiger partial charge in [-0.2, -0.15) is 0 Å². The fourth-order valence-corrected chi connectivity index (χ4v) is 10.7. The van der Waals surface area contributed by atoms with Crippen LogP contribution < -0.4 is 31.9 Å². The van der Waals surface area contributed by atoms with Crippen LogP contribution in [0.4, 0.5) is 0 Å². The topological polar surface area (TPSA) is 201 Å². The number of nitrogens with one attached hydrogen (secondary N) is 6. The summed E-state index contributed by atoms with van der Waals surface area (Å²) in [5.74, 6) is -2.32. The summed E-state index contributed by atoms with van der Waals surface area (Å²) in [5.41, 5.74) is 4.65. The summed E-state index contributed by atoms with van der Waals surface area (Å²) in [4.78, 5) is 105. The number of likely N-dealkylation sites (tertiary alicyclic amines) is 1. The first-order valence-electron chi connectivity index (χ1n) is 27.3. The largest absolute Gasteiger partial charge is 0.347 e. The van der Waals surface area contributed by atoms with Gasteiger partial charge in [-0.15, -0.1) is 0 Å². The van der Waals surface area contributed by atoms with Gasteiger partial charge in [0.05, 0.1) is 24.2 Å². The lowest BCUT2D eigenvalue weighted by atomic mass is 9.84. The minimum atomic E-state index is -0.971. The average molecular weight is 1050 g/mol. The molecular weight excluding hydrogens is 971 g/mol. The Hall–Kier alpha value is -6.91.